The van der Waals surface area contributed by atoms with Crippen LogP contribution in [0, 0.1) is 0 Å². The van der Waals surface area contributed by atoms with Gasteiger partial charge < -0.3 is 15.3 Å². The van der Waals surface area contributed by atoms with Crippen molar-refractivity contribution in [3.05, 3.63) is 65.7 Å². The maximum absolute atomic E-state index is 12.7. The van der Waals surface area contributed by atoms with Crippen LogP contribution in [0.2, 0.25) is 0 Å². The molecule has 0 radical (unpaired) electrons. The lowest BCUT2D eigenvalue weighted by molar-refractivity contribution is -0.143. The van der Waals surface area contributed by atoms with Crippen LogP contribution < -0.4 is 10.2 Å². The second kappa shape index (κ2) is 7.82. The van der Waals surface area contributed by atoms with E-state index in [0.717, 1.165) is 5.69 Å². The summed E-state index contributed by atoms with van der Waals surface area (Å²) in [6, 6.07) is 15.4. The van der Waals surface area contributed by atoms with Crippen molar-refractivity contribution < 1.29 is 19.5 Å². The Morgan fingerprint density at radius 1 is 1.04 bits per heavy atom. The molecule has 0 aromatic heterocycles. The topological polar surface area (TPSA) is 86.7 Å². The zero-order valence-electron chi connectivity index (χ0n) is 15.0. The van der Waals surface area contributed by atoms with Gasteiger partial charge in [0.2, 0.25) is 0 Å². The summed E-state index contributed by atoms with van der Waals surface area (Å²) in [5.74, 6) is -1.90. The fourth-order valence-electron chi connectivity index (χ4n) is 2.37. The Balaban J connectivity index is 2.23. The fraction of sp³-hybridized carbons (Fsp3) is 0.250. The first kappa shape index (κ1) is 19.2. The number of nitrogens with one attached hydrogen (secondary N) is 1. The van der Waals surface area contributed by atoms with Crippen molar-refractivity contribution in [3.63, 3.8) is 0 Å². The number of amides is 2. The third kappa shape index (κ3) is 4.08. The Morgan fingerprint density at radius 3 is 2.23 bits per heavy atom. The number of aliphatic carboxylic acids is 1. The summed E-state index contributed by atoms with van der Waals surface area (Å²) in [5.41, 5.74) is -0.0506. The van der Waals surface area contributed by atoms with E-state index in [1.165, 1.54) is 17.9 Å². The van der Waals surface area contributed by atoms with Crippen molar-refractivity contribution in [2.75, 3.05) is 11.9 Å². The molecule has 1 unspecified atom stereocenters. The number of nitrogens with zero attached hydrogens (tertiary/aromatic N) is 1. The molecule has 136 valence electrons. The van der Waals surface area contributed by atoms with Gasteiger partial charge in [0, 0.05) is 23.9 Å². The molecule has 2 rings (SSSR count). The van der Waals surface area contributed by atoms with E-state index in [1.807, 2.05) is 30.3 Å². The largest absolute Gasteiger partial charge is 0.480 e. The molecule has 0 saturated heterocycles. The minimum absolute atomic E-state index is 0.234. The average Bonchev–Trinajstić information content (AvgIpc) is 2.67. The van der Waals surface area contributed by atoms with Crippen LogP contribution in [0.5, 0.6) is 0 Å². The highest BCUT2D eigenvalue weighted by Gasteiger charge is 2.33. The van der Waals surface area contributed by atoms with Gasteiger partial charge in [0.15, 0.2) is 0 Å². The third-order valence-corrected chi connectivity index (χ3v) is 4.39. The Hall–Kier alpha value is -3.15. The molecule has 0 aliphatic heterocycles. The Morgan fingerprint density at radius 2 is 1.65 bits per heavy atom. The number of carbonyl (C=O) groups excluding carboxylic acids is 2. The van der Waals surface area contributed by atoms with Crippen molar-refractivity contribution >= 4 is 23.5 Å². The van der Waals surface area contributed by atoms with Crippen LogP contribution in [0.25, 0.3) is 0 Å². The second-order valence-corrected chi connectivity index (χ2v) is 6.23. The standard InChI is InChI=1S/C20H22N2O4/c1-4-20(2,19(25)26)21-17(23)14-9-8-10-15(13-14)18(24)22(3)16-11-6-5-7-12-16/h5-13H,4H2,1-3H3,(H,21,23)(H,25,26). The molecule has 26 heavy (non-hydrogen) atoms. The number of carboxylic acids is 1. The molecule has 0 spiro atoms. The first-order chi connectivity index (χ1) is 12.3. The predicted molar refractivity (Wildman–Crippen MR) is 99.4 cm³/mol. The molecular weight excluding hydrogens is 332 g/mol. The van der Waals surface area contributed by atoms with Gasteiger partial charge in [0.25, 0.3) is 11.8 Å². The molecule has 6 heteroatoms. The summed E-state index contributed by atoms with van der Waals surface area (Å²) < 4.78 is 0. The maximum Gasteiger partial charge on any atom is 0.329 e. The molecule has 0 saturated carbocycles. The molecule has 0 heterocycles. The van der Waals surface area contributed by atoms with E-state index < -0.39 is 17.4 Å². The molecule has 2 amide bonds. The zero-order valence-corrected chi connectivity index (χ0v) is 15.0. The van der Waals surface area contributed by atoms with Crippen molar-refractivity contribution in [2.24, 2.45) is 0 Å². The Labute approximate surface area is 152 Å². The SMILES string of the molecule is CCC(C)(NC(=O)c1cccc(C(=O)N(C)c2ccccc2)c1)C(=O)O. The zero-order chi connectivity index (χ0) is 19.3. The van der Waals surface area contributed by atoms with Gasteiger partial charge in [-0.05, 0) is 43.7 Å². The van der Waals surface area contributed by atoms with E-state index in [4.69, 9.17) is 0 Å². The van der Waals surface area contributed by atoms with E-state index in [9.17, 15) is 19.5 Å². The minimum atomic E-state index is -1.36. The lowest BCUT2D eigenvalue weighted by Crippen LogP contribution is -2.51. The van der Waals surface area contributed by atoms with Gasteiger partial charge in [0.05, 0.1) is 0 Å². The van der Waals surface area contributed by atoms with E-state index in [1.54, 1.807) is 32.2 Å². The van der Waals surface area contributed by atoms with Gasteiger partial charge in [-0.15, -0.1) is 0 Å². The monoisotopic (exact) mass is 354 g/mol. The van der Waals surface area contributed by atoms with E-state index in [2.05, 4.69) is 5.32 Å². The lowest BCUT2D eigenvalue weighted by Gasteiger charge is -2.24. The summed E-state index contributed by atoms with van der Waals surface area (Å²) >= 11 is 0. The van der Waals surface area contributed by atoms with Crippen LogP contribution >= 0.6 is 0 Å². The molecule has 2 aromatic rings. The highest BCUT2D eigenvalue weighted by atomic mass is 16.4. The second-order valence-electron chi connectivity index (χ2n) is 6.23. The van der Waals surface area contributed by atoms with Gasteiger partial charge in [-0.3, -0.25) is 9.59 Å². The first-order valence-electron chi connectivity index (χ1n) is 8.27. The average molecular weight is 354 g/mol. The molecule has 0 aliphatic carbocycles. The van der Waals surface area contributed by atoms with Gasteiger partial charge >= 0.3 is 5.97 Å². The molecule has 0 aliphatic rings. The molecule has 6 nitrogen and oxygen atoms in total. The highest BCUT2D eigenvalue weighted by molar-refractivity contribution is 6.07. The third-order valence-electron chi connectivity index (χ3n) is 4.39. The van der Waals surface area contributed by atoms with Crippen LogP contribution in [0.15, 0.2) is 54.6 Å². The molecular formula is C20H22N2O4. The van der Waals surface area contributed by atoms with Crippen molar-refractivity contribution in [1.82, 2.24) is 5.32 Å². The molecule has 0 fully saturated rings. The van der Waals surface area contributed by atoms with E-state index in [0.29, 0.717) is 5.56 Å². The van der Waals surface area contributed by atoms with Crippen LogP contribution in [-0.2, 0) is 4.79 Å². The summed E-state index contributed by atoms with van der Waals surface area (Å²) in [6.45, 7) is 3.13. The Bertz CT molecular complexity index is 820. The molecule has 2 N–H and O–H groups in total. The number of anilines is 1. The van der Waals surface area contributed by atoms with Crippen LogP contribution in [0.1, 0.15) is 41.0 Å². The number of hydrogen-bond donors (Lipinski definition) is 2. The number of para-hydroxylation sites is 1. The predicted octanol–water partition coefficient (Wildman–Crippen LogP) is 2.95. The number of hydrogen-bond acceptors (Lipinski definition) is 3. The maximum atomic E-state index is 12.7. The Kier molecular flexibility index (Phi) is 5.77. The summed E-state index contributed by atoms with van der Waals surface area (Å²) in [7, 11) is 1.66. The summed E-state index contributed by atoms with van der Waals surface area (Å²) in [5, 5.41) is 11.8. The molecule has 2 aromatic carbocycles. The summed E-state index contributed by atoms with van der Waals surface area (Å²) in [4.78, 5) is 38.0. The van der Waals surface area contributed by atoms with Crippen LogP contribution in [0.4, 0.5) is 5.69 Å². The number of carbonyl (C=O) groups is 3. The smallest absolute Gasteiger partial charge is 0.329 e. The molecule has 1 atom stereocenters. The van der Waals surface area contributed by atoms with Gasteiger partial charge in [-0.25, -0.2) is 4.79 Å². The van der Waals surface area contributed by atoms with Crippen molar-refractivity contribution in [1.29, 1.82) is 0 Å². The van der Waals surface area contributed by atoms with Crippen molar-refractivity contribution in [2.45, 2.75) is 25.8 Å². The first-order valence-corrected chi connectivity index (χ1v) is 8.27. The fourth-order valence-corrected chi connectivity index (χ4v) is 2.37. The van der Waals surface area contributed by atoms with Gasteiger partial charge in [0.1, 0.15) is 5.54 Å². The van der Waals surface area contributed by atoms with Gasteiger partial charge in [-0.2, -0.15) is 0 Å². The number of benzene rings is 2. The van der Waals surface area contributed by atoms with E-state index in [-0.39, 0.29) is 17.9 Å². The van der Waals surface area contributed by atoms with Crippen LogP contribution in [0.3, 0.4) is 0 Å². The summed E-state index contributed by atoms with van der Waals surface area (Å²) in [6.07, 6.45) is 0.240. The number of rotatable bonds is 6. The molecule has 0 bridgehead atoms. The minimum Gasteiger partial charge on any atom is -0.480 e. The van der Waals surface area contributed by atoms with E-state index >= 15 is 0 Å². The highest BCUT2D eigenvalue weighted by Crippen LogP contribution is 2.17. The quantitative estimate of drug-likeness (QED) is 0.835. The normalized spacial score (nSPS) is 12.7. The van der Waals surface area contributed by atoms with Crippen molar-refractivity contribution in [3.8, 4) is 0 Å². The van der Waals surface area contributed by atoms with Gasteiger partial charge in [-0.1, -0.05) is 31.2 Å². The van der Waals surface area contributed by atoms with Crippen LogP contribution in [-0.4, -0.2) is 35.5 Å². The number of carboxylic acid groups (broad SMARTS) is 1. The lowest BCUT2D eigenvalue weighted by atomic mass is 9.98.